The number of aryl methyl sites for hydroxylation is 1. The van der Waals surface area contributed by atoms with E-state index in [9.17, 15) is 4.79 Å². The second kappa shape index (κ2) is 5.99. The molecule has 19 heavy (non-hydrogen) atoms. The molecule has 0 aliphatic heterocycles. The summed E-state index contributed by atoms with van der Waals surface area (Å²) in [5, 5.41) is 3.65. The van der Waals surface area contributed by atoms with Gasteiger partial charge in [-0.15, -0.1) is 0 Å². The molecular formula is C13H11Cl2N3O. The van der Waals surface area contributed by atoms with Gasteiger partial charge in [-0.25, -0.2) is 9.97 Å². The lowest BCUT2D eigenvalue weighted by atomic mass is 10.1. The molecule has 4 nitrogen and oxygen atoms in total. The molecule has 0 spiro atoms. The Labute approximate surface area is 120 Å². The molecule has 0 aliphatic carbocycles. The molecule has 0 saturated carbocycles. The first kappa shape index (κ1) is 13.8. The first-order valence-electron chi connectivity index (χ1n) is 5.57. The minimum absolute atomic E-state index is 0.168. The van der Waals surface area contributed by atoms with Crippen molar-refractivity contribution in [2.75, 3.05) is 5.32 Å². The lowest BCUT2D eigenvalue weighted by molar-refractivity contribution is -0.115. The van der Waals surface area contributed by atoms with E-state index in [-0.39, 0.29) is 12.3 Å². The number of aromatic nitrogens is 2. The maximum absolute atomic E-state index is 11.8. The molecule has 2 heterocycles. The van der Waals surface area contributed by atoms with Gasteiger partial charge in [-0.3, -0.25) is 4.79 Å². The zero-order chi connectivity index (χ0) is 13.8. The van der Waals surface area contributed by atoms with Gasteiger partial charge in [0.1, 0.15) is 11.0 Å². The van der Waals surface area contributed by atoms with Crippen molar-refractivity contribution in [2.45, 2.75) is 13.3 Å². The monoisotopic (exact) mass is 295 g/mol. The third kappa shape index (κ3) is 3.91. The van der Waals surface area contributed by atoms with Crippen LogP contribution in [0.25, 0.3) is 0 Å². The van der Waals surface area contributed by atoms with Crippen LogP contribution in [0.1, 0.15) is 11.1 Å². The molecule has 0 saturated heterocycles. The van der Waals surface area contributed by atoms with E-state index in [0.717, 1.165) is 11.1 Å². The Kier molecular flexibility index (Phi) is 4.35. The molecular weight excluding hydrogens is 285 g/mol. The maximum Gasteiger partial charge on any atom is 0.230 e. The summed E-state index contributed by atoms with van der Waals surface area (Å²) in [4.78, 5) is 19.8. The minimum Gasteiger partial charge on any atom is -0.310 e. The summed E-state index contributed by atoms with van der Waals surface area (Å²) in [6, 6.07) is 5.15. The number of hydrogen-bond donors (Lipinski definition) is 1. The van der Waals surface area contributed by atoms with Crippen molar-refractivity contribution >= 4 is 34.9 Å². The number of anilines is 1. The van der Waals surface area contributed by atoms with E-state index in [4.69, 9.17) is 23.2 Å². The summed E-state index contributed by atoms with van der Waals surface area (Å²) in [7, 11) is 0. The molecule has 0 unspecified atom stereocenters. The van der Waals surface area contributed by atoms with Gasteiger partial charge < -0.3 is 5.32 Å². The van der Waals surface area contributed by atoms with E-state index in [2.05, 4.69) is 15.3 Å². The van der Waals surface area contributed by atoms with Crippen LogP contribution in [0.4, 0.5) is 5.82 Å². The van der Waals surface area contributed by atoms with Crippen molar-refractivity contribution in [1.82, 2.24) is 9.97 Å². The fraction of sp³-hybridized carbons (Fsp3) is 0.154. The number of pyridine rings is 2. The van der Waals surface area contributed by atoms with Gasteiger partial charge in [0.05, 0.1) is 11.4 Å². The number of nitrogens with one attached hydrogen (secondary N) is 1. The first-order chi connectivity index (χ1) is 9.04. The van der Waals surface area contributed by atoms with Gasteiger partial charge >= 0.3 is 0 Å². The first-order valence-corrected chi connectivity index (χ1v) is 6.32. The van der Waals surface area contributed by atoms with Crippen LogP contribution < -0.4 is 5.32 Å². The molecule has 2 rings (SSSR count). The lowest BCUT2D eigenvalue weighted by Gasteiger charge is -2.05. The van der Waals surface area contributed by atoms with Crippen LogP contribution in [0, 0.1) is 6.92 Å². The van der Waals surface area contributed by atoms with Crippen molar-refractivity contribution in [3.63, 3.8) is 0 Å². The number of nitrogens with zero attached hydrogens (tertiary/aromatic N) is 2. The largest absolute Gasteiger partial charge is 0.310 e. The van der Waals surface area contributed by atoms with Gasteiger partial charge in [0, 0.05) is 12.4 Å². The smallest absolute Gasteiger partial charge is 0.230 e. The maximum atomic E-state index is 11.8. The Morgan fingerprint density at radius 3 is 2.68 bits per heavy atom. The topological polar surface area (TPSA) is 54.9 Å². The van der Waals surface area contributed by atoms with E-state index in [1.54, 1.807) is 18.3 Å². The molecule has 0 radical (unpaired) electrons. The van der Waals surface area contributed by atoms with E-state index in [1.807, 2.05) is 13.0 Å². The highest BCUT2D eigenvalue weighted by Crippen LogP contribution is 2.14. The fourth-order valence-electron chi connectivity index (χ4n) is 1.54. The Morgan fingerprint density at radius 1 is 1.26 bits per heavy atom. The summed E-state index contributed by atoms with van der Waals surface area (Å²) in [5.74, 6) is 0.298. The quantitative estimate of drug-likeness (QED) is 0.884. The minimum atomic E-state index is -0.168. The molecule has 0 aliphatic rings. The lowest BCUT2D eigenvalue weighted by Crippen LogP contribution is -2.15. The van der Waals surface area contributed by atoms with Crippen molar-refractivity contribution in [3.05, 3.63) is 51.9 Å². The number of carbonyl (C=O) groups excluding carboxylic acids is 1. The average Bonchev–Trinajstić information content (AvgIpc) is 2.37. The Morgan fingerprint density at radius 2 is 2.05 bits per heavy atom. The molecule has 2 aromatic rings. The standard InChI is InChI=1S/C13H11Cl2N3O/c1-8-4-9(6-17-13(8)15)5-12(19)18-11-3-2-10(14)7-16-11/h2-4,6-7H,5H2,1H3,(H,16,18,19). The molecule has 0 atom stereocenters. The highest BCUT2D eigenvalue weighted by atomic mass is 35.5. The second-order valence-electron chi connectivity index (χ2n) is 4.04. The molecule has 6 heteroatoms. The van der Waals surface area contributed by atoms with Gasteiger partial charge in [-0.1, -0.05) is 29.3 Å². The van der Waals surface area contributed by atoms with Gasteiger partial charge in [0.25, 0.3) is 0 Å². The predicted molar refractivity (Wildman–Crippen MR) is 75.6 cm³/mol. The Bertz CT molecular complexity index is 599. The van der Waals surface area contributed by atoms with Crippen molar-refractivity contribution in [2.24, 2.45) is 0 Å². The van der Waals surface area contributed by atoms with Gasteiger partial charge in [-0.2, -0.15) is 0 Å². The summed E-state index contributed by atoms with van der Waals surface area (Å²) >= 11 is 11.5. The Hall–Kier alpha value is -1.65. The molecule has 0 bridgehead atoms. The molecule has 1 N–H and O–H groups in total. The summed E-state index contributed by atoms with van der Waals surface area (Å²) < 4.78 is 0. The Balaban J connectivity index is 2.01. The predicted octanol–water partition coefficient (Wildman–Crippen LogP) is 3.27. The van der Waals surface area contributed by atoms with Crippen LogP contribution in [-0.2, 0) is 11.2 Å². The van der Waals surface area contributed by atoms with E-state index in [0.29, 0.717) is 16.0 Å². The molecule has 0 aromatic carbocycles. The molecule has 0 fully saturated rings. The highest BCUT2D eigenvalue weighted by Gasteiger charge is 2.07. The second-order valence-corrected chi connectivity index (χ2v) is 4.83. The summed E-state index contributed by atoms with van der Waals surface area (Å²) in [6.07, 6.45) is 3.28. The van der Waals surface area contributed by atoms with E-state index < -0.39 is 0 Å². The number of hydrogen-bond acceptors (Lipinski definition) is 3. The van der Waals surface area contributed by atoms with Crippen molar-refractivity contribution in [3.8, 4) is 0 Å². The molecule has 98 valence electrons. The third-order valence-electron chi connectivity index (χ3n) is 2.43. The van der Waals surface area contributed by atoms with Crippen LogP contribution in [0.3, 0.4) is 0 Å². The number of halogens is 2. The number of amides is 1. The van der Waals surface area contributed by atoms with Gasteiger partial charge in [0.15, 0.2) is 0 Å². The van der Waals surface area contributed by atoms with Crippen LogP contribution in [0.5, 0.6) is 0 Å². The van der Waals surface area contributed by atoms with Crippen LogP contribution in [0.15, 0.2) is 30.6 Å². The highest BCUT2D eigenvalue weighted by molar-refractivity contribution is 6.30. The number of rotatable bonds is 3. The molecule has 2 aromatic heterocycles. The normalized spacial score (nSPS) is 10.3. The van der Waals surface area contributed by atoms with E-state index in [1.165, 1.54) is 6.20 Å². The fourth-order valence-corrected chi connectivity index (χ4v) is 1.75. The van der Waals surface area contributed by atoms with Crippen LogP contribution in [0.2, 0.25) is 10.2 Å². The third-order valence-corrected chi connectivity index (χ3v) is 3.05. The molecule has 1 amide bonds. The number of carbonyl (C=O) groups is 1. The summed E-state index contributed by atoms with van der Waals surface area (Å²) in [6.45, 7) is 1.84. The van der Waals surface area contributed by atoms with E-state index >= 15 is 0 Å². The SMILES string of the molecule is Cc1cc(CC(=O)Nc2ccc(Cl)cn2)cnc1Cl. The zero-order valence-corrected chi connectivity index (χ0v) is 11.7. The zero-order valence-electron chi connectivity index (χ0n) is 10.2. The summed E-state index contributed by atoms with van der Waals surface area (Å²) in [5.41, 5.74) is 1.64. The van der Waals surface area contributed by atoms with Crippen LogP contribution >= 0.6 is 23.2 Å². The average molecular weight is 296 g/mol. The van der Waals surface area contributed by atoms with Crippen LogP contribution in [-0.4, -0.2) is 15.9 Å². The van der Waals surface area contributed by atoms with Crippen molar-refractivity contribution < 1.29 is 4.79 Å². The van der Waals surface area contributed by atoms with Gasteiger partial charge in [-0.05, 0) is 30.2 Å². The van der Waals surface area contributed by atoms with Crippen molar-refractivity contribution in [1.29, 1.82) is 0 Å². The van der Waals surface area contributed by atoms with Gasteiger partial charge in [0.2, 0.25) is 5.91 Å².